The number of hydrogen-bond acceptors (Lipinski definition) is 3. The predicted octanol–water partition coefficient (Wildman–Crippen LogP) is 2.72. The van der Waals surface area contributed by atoms with E-state index in [-0.39, 0.29) is 5.54 Å². The molecule has 0 radical (unpaired) electrons. The lowest BCUT2D eigenvalue weighted by Gasteiger charge is -2.46. The molecule has 1 saturated carbocycles. The summed E-state index contributed by atoms with van der Waals surface area (Å²) < 4.78 is 0. The molecule has 1 unspecified atom stereocenters. The third-order valence-electron chi connectivity index (χ3n) is 5.53. The normalized spacial score (nSPS) is 29.8. The summed E-state index contributed by atoms with van der Waals surface area (Å²) >= 11 is 0. The molecule has 116 valence electrons. The van der Waals surface area contributed by atoms with Gasteiger partial charge in [-0.2, -0.15) is 0 Å². The van der Waals surface area contributed by atoms with Crippen LogP contribution in [0.15, 0.2) is 30.3 Å². The molecule has 1 aromatic carbocycles. The Morgan fingerprint density at radius 3 is 2.19 bits per heavy atom. The van der Waals surface area contributed by atoms with Gasteiger partial charge in [0.1, 0.15) is 0 Å². The first-order valence-corrected chi connectivity index (χ1v) is 8.30. The van der Waals surface area contributed by atoms with E-state index in [0.717, 1.165) is 32.7 Å². The van der Waals surface area contributed by atoms with Crippen molar-refractivity contribution in [3.63, 3.8) is 0 Å². The molecule has 1 aromatic rings. The average molecular weight is 287 g/mol. The maximum Gasteiger partial charge on any atom is 0.0367 e. The van der Waals surface area contributed by atoms with Crippen LogP contribution in [0, 0.1) is 5.41 Å². The second-order valence-electron chi connectivity index (χ2n) is 7.58. The van der Waals surface area contributed by atoms with E-state index in [9.17, 15) is 0 Å². The van der Waals surface area contributed by atoms with Crippen LogP contribution in [0.1, 0.15) is 33.1 Å². The van der Waals surface area contributed by atoms with Gasteiger partial charge in [-0.1, -0.05) is 32.0 Å². The Labute approximate surface area is 129 Å². The van der Waals surface area contributed by atoms with Gasteiger partial charge in [-0.05, 0) is 36.8 Å². The van der Waals surface area contributed by atoms with Gasteiger partial charge in [-0.3, -0.25) is 4.90 Å². The zero-order valence-electron chi connectivity index (χ0n) is 13.5. The molecule has 1 heterocycles. The van der Waals surface area contributed by atoms with E-state index in [1.165, 1.54) is 24.9 Å². The number of benzene rings is 1. The van der Waals surface area contributed by atoms with E-state index in [0.29, 0.717) is 5.41 Å². The van der Waals surface area contributed by atoms with Gasteiger partial charge in [0.15, 0.2) is 0 Å². The smallest absolute Gasteiger partial charge is 0.0367 e. The van der Waals surface area contributed by atoms with Gasteiger partial charge >= 0.3 is 0 Å². The molecule has 0 spiro atoms. The highest BCUT2D eigenvalue weighted by molar-refractivity contribution is 5.46. The first-order valence-electron chi connectivity index (χ1n) is 8.30. The molecule has 0 aromatic heterocycles. The molecule has 3 rings (SSSR count). The maximum atomic E-state index is 6.21. The van der Waals surface area contributed by atoms with Crippen molar-refractivity contribution in [2.75, 3.05) is 37.6 Å². The van der Waals surface area contributed by atoms with Crippen LogP contribution in [0.4, 0.5) is 5.69 Å². The molecule has 1 aliphatic carbocycles. The van der Waals surface area contributed by atoms with Crippen molar-refractivity contribution in [2.24, 2.45) is 11.1 Å². The van der Waals surface area contributed by atoms with Gasteiger partial charge in [0, 0.05) is 44.0 Å². The summed E-state index contributed by atoms with van der Waals surface area (Å²) in [6.07, 6.45) is 3.83. The predicted molar refractivity (Wildman–Crippen MR) is 89.6 cm³/mol. The monoisotopic (exact) mass is 287 g/mol. The molecule has 2 aliphatic rings. The molecule has 0 amide bonds. The fraction of sp³-hybridized carbons (Fsp3) is 0.667. The minimum absolute atomic E-state index is 0.256. The van der Waals surface area contributed by atoms with Crippen molar-refractivity contribution < 1.29 is 0 Å². The molecular formula is C18H29N3. The topological polar surface area (TPSA) is 32.5 Å². The van der Waals surface area contributed by atoms with Crippen LogP contribution < -0.4 is 10.6 Å². The fourth-order valence-electron chi connectivity index (χ4n) is 4.29. The van der Waals surface area contributed by atoms with E-state index in [1.807, 2.05) is 0 Å². The minimum Gasteiger partial charge on any atom is -0.369 e. The molecule has 21 heavy (non-hydrogen) atoms. The molecule has 3 heteroatoms. The summed E-state index contributed by atoms with van der Waals surface area (Å²) in [5, 5.41) is 0. The first-order chi connectivity index (χ1) is 10.0. The van der Waals surface area contributed by atoms with Crippen molar-refractivity contribution in [2.45, 2.75) is 38.6 Å². The molecule has 2 fully saturated rings. The minimum atomic E-state index is 0.256. The van der Waals surface area contributed by atoms with Gasteiger partial charge in [-0.25, -0.2) is 0 Å². The average Bonchev–Trinajstić information content (AvgIpc) is 2.85. The van der Waals surface area contributed by atoms with Crippen LogP contribution in [0.2, 0.25) is 0 Å². The summed E-state index contributed by atoms with van der Waals surface area (Å²) in [5.74, 6) is 0. The Balaban J connectivity index is 1.65. The number of nitrogens with two attached hydrogens (primary N) is 1. The summed E-state index contributed by atoms with van der Waals surface area (Å²) in [7, 11) is 0. The Kier molecular flexibility index (Phi) is 3.98. The lowest BCUT2D eigenvalue weighted by molar-refractivity contribution is 0.0822. The van der Waals surface area contributed by atoms with E-state index in [1.54, 1.807) is 0 Å². The molecular weight excluding hydrogens is 258 g/mol. The number of nitrogens with zero attached hydrogens (tertiary/aromatic N) is 2. The van der Waals surface area contributed by atoms with Gasteiger partial charge in [0.05, 0.1) is 0 Å². The number of rotatable bonds is 3. The number of anilines is 1. The second-order valence-corrected chi connectivity index (χ2v) is 7.58. The second kappa shape index (κ2) is 5.62. The third kappa shape index (κ3) is 2.95. The van der Waals surface area contributed by atoms with Crippen LogP contribution in [-0.4, -0.2) is 43.2 Å². The van der Waals surface area contributed by atoms with Crippen LogP contribution in [-0.2, 0) is 0 Å². The van der Waals surface area contributed by atoms with Crippen molar-refractivity contribution in [1.29, 1.82) is 0 Å². The van der Waals surface area contributed by atoms with E-state index in [4.69, 9.17) is 5.73 Å². The molecule has 0 bridgehead atoms. The van der Waals surface area contributed by atoms with E-state index in [2.05, 4.69) is 54.0 Å². The van der Waals surface area contributed by atoms with Crippen LogP contribution in [0.3, 0.4) is 0 Å². The zero-order valence-corrected chi connectivity index (χ0v) is 13.5. The van der Waals surface area contributed by atoms with Gasteiger partial charge < -0.3 is 10.6 Å². The summed E-state index contributed by atoms with van der Waals surface area (Å²) in [6.45, 7) is 10.1. The van der Waals surface area contributed by atoms with Gasteiger partial charge in [0.2, 0.25) is 0 Å². The third-order valence-corrected chi connectivity index (χ3v) is 5.53. The van der Waals surface area contributed by atoms with Crippen molar-refractivity contribution in [3.05, 3.63) is 30.3 Å². The standard InChI is InChI=1S/C18H29N3/c1-17(2)8-9-18(14-17,15-19)21-12-10-20(11-13-21)16-6-4-3-5-7-16/h3-7H,8-15,19H2,1-2H3. The van der Waals surface area contributed by atoms with Crippen molar-refractivity contribution in [1.82, 2.24) is 4.90 Å². The van der Waals surface area contributed by atoms with Crippen LogP contribution in [0.5, 0.6) is 0 Å². The number of para-hydroxylation sites is 1. The molecule has 1 aliphatic heterocycles. The highest BCUT2D eigenvalue weighted by atomic mass is 15.3. The molecule has 3 nitrogen and oxygen atoms in total. The maximum absolute atomic E-state index is 6.21. The summed E-state index contributed by atoms with van der Waals surface area (Å²) in [5.41, 5.74) is 8.27. The molecule has 2 N–H and O–H groups in total. The summed E-state index contributed by atoms with van der Waals surface area (Å²) in [6, 6.07) is 10.8. The van der Waals surface area contributed by atoms with E-state index < -0.39 is 0 Å². The van der Waals surface area contributed by atoms with Crippen molar-refractivity contribution >= 4 is 5.69 Å². The number of hydrogen-bond donors (Lipinski definition) is 1. The molecule has 1 saturated heterocycles. The Hall–Kier alpha value is -1.06. The molecule has 1 atom stereocenters. The highest BCUT2D eigenvalue weighted by Gasteiger charge is 2.46. The van der Waals surface area contributed by atoms with Crippen molar-refractivity contribution in [3.8, 4) is 0 Å². The van der Waals surface area contributed by atoms with Gasteiger partial charge in [0.25, 0.3) is 0 Å². The Morgan fingerprint density at radius 2 is 1.67 bits per heavy atom. The Bertz CT molecular complexity index is 463. The number of piperazine rings is 1. The van der Waals surface area contributed by atoms with Crippen LogP contribution >= 0.6 is 0 Å². The first kappa shape index (κ1) is 14.9. The quantitative estimate of drug-likeness (QED) is 0.928. The zero-order chi connectivity index (χ0) is 14.9. The summed E-state index contributed by atoms with van der Waals surface area (Å²) in [4.78, 5) is 5.18. The van der Waals surface area contributed by atoms with E-state index >= 15 is 0 Å². The highest BCUT2D eigenvalue weighted by Crippen LogP contribution is 2.46. The van der Waals surface area contributed by atoms with Gasteiger partial charge in [-0.15, -0.1) is 0 Å². The SMILES string of the molecule is CC1(C)CCC(CN)(N2CCN(c3ccccc3)CC2)C1. The lowest BCUT2D eigenvalue weighted by Crippen LogP contribution is -2.59. The fourth-order valence-corrected chi connectivity index (χ4v) is 4.29. The largest absolute Gasteiger partial charge is 0.369 e. The van der Waals surface area contributed by atoms with Crippen LogP contribution in [0.25, 0.3) is 0 Å². The Morgan fingerprint density at radius 1 is 1.00 bits per heavy atom. The lowest BCUT2D eigenvalue weighted by atomic mass is 9.86.